The molecule has 0 saturated carbocycles. The third-order valence-electron chi connectivity index (χ3n) is 1.93. The summed E-state index contributed by atoms with van der Waals surface area (Å²) in [7, 11) is 0. The van der Waals surface area contributed by atoms with Gasteiger partial charge in [-0.15, -0.1) is 0 Å². The number of hydrogen-bond acceptors (Lipinski definition) is 2. The first-order valence-electron chi connectivity index (χ1n) is 3.86. The highest BCUT2D eigenvalue weighted by Crippen LogP contribution is 2.15. The summed E-state index contributed by atoms with van der Waals surface area (Å²) in [5.74, 6) is 0. The largest absolute Gasteiger partial charge is 0.352 e. The molecule has 3 heteroatoms. The van der Waals surface area contributed by atoms with Gasteiger partial charge in [-0.3, -0.25) is 9.59 Å². The van der Waals surface area contributed by atoms with Gasteiger partial charge >= 0.3 is 0 Å². The van der Waals surface area contributed by atoms with Crippen LogP contribution in [0.15, 0.2) is 24.3 Å². The zero-order valence-corrected chi connectivity index (χ0v) is 6.78. The van der Waals surface area contributed by atoms with Gasteiger partial charge in [0.05, 0.1) is 5.69 Å². The third kappa shape index (κ3) is 1.24. The Labute approximate surface area is 74.4 Å². The lowest BCUT2D eigenvalue weighted by atomic mass is 10.2. The standard InChI is InChI=1S/C10H7NO2/c12-5-7-1-2-10-8(3-7)4-9(6-13)11-10/h1-6,11H. The summed E-state index contributed by atoms with van der Waals surface area (Å²) in [6.07, 6.45) is 1.54. The van der Waals surface area contributed by atoms with E-state index in [4.69, 9.17) is 0 Å². The molecule has 0 radical (unpaired) electrons. The zero-order chi connectivity index (χ0) is 9.26. The van der Waals surface area contributed by atoms with E-state index in [1.54, 1.807) is 24.3 Å². The van der Waals surface area contributed by atoms with Crippen LogP contribution in [-0.2, 0) is 0 Å². The summed E-state index contributed by atoms with van der Waals surface area (Å²) < 4.78 is 0. The molecule has 64 valence electrons. The third-order valence-corrected chi connectivity index (χ3v) is 1.93. The molecule has 0 unspecified atom stereocenters. The first-order valence-corrected chi connectivity index (χ1v) is 3.86. The second-order valence-corrected chi connectivity index (χ2v) is 2.81. The van der Waals surface area contributed by atoms with Crippen molar-refractivity contribution in [2.75, 3.05) is 0 Å². The molecule has 0 fully saturated rings. The molecule has 0 aliphatic rings. The van der Waals surface area contributed by atoms with Crippen molar-refractivity contribution in [2.24, 2.45) is 0 Å². The molecule has 0 spiro atoms. The fourth-order valence-corrected chi connectivity index (χ4v) is 1.31. The number of carbonyl (C=O) groups is 2. The molecule has 0 amide bonds. The lowest BCUT2D eigenvalue weighted by Crippen LogP contribution is -1.77. The maximum Gasteiger partial charge on any atom is 0.166 e. The van der Waals surface area contributed by atoms with Crippen LogP contribution in [0.4, 0.5) is 0 Å². The molecule has 1 aromatic carbocycles. The second kappa shape index (κ2) is 2.86. The number of carbonyl (C=O) groups excluding carboxylic acids is 2. The van der Waals surface area contributed by atoms with Crippen molar-refractivity contribution in [1.82, 2.24) is 4.98 Å². The predicted octanol–water partition coefficient (Wildman–Crippen LogP) is 1.79. The molecule has 2 rings (SSSR count). The van der Waals surface area contributed by atoms with E-state index in [1.807, 2.05) is 0 Å². The predicted molar refractivity (Wildman–Crippen MR) is 49.1 cm³/mol. The summed E-state index contributed by atoms with van der Waals surface area (Å²) in [6, 6.07) is 6.95. The first kappa shape index (κ1) is 7.73. The summed E-state index contributed by atoms with van der Waals surface area (Å²) in [6.45, 7) is 0. The zero-order valence-electron chi connectivity index (χ0n) is 6.78. The number of hydrogen-bond donors (Lipinski definition) is 1. The van der Waals surface area contributed by atoms with Crippen molar-refractivity contribution in [2.45, 2.75) is 0 Å². The van der Waals surface area contributed by atoms with E-state index in [0.717, 1.165) is 23.5 Å². The maximum atomic E-state index is 10.4. The van der Waals surface area contributed by atoms with Gasteiger partial charge in [-0.1, -0.05) is 0 Å². The van der Waals surface area contributed by atoms with Gasteiger partial charge in [0.1, 0.15) is 6.29 Å². The number of fused-ring (bicyclic) bond motifs is 1. The number of rotatable bonds is 2. The molecule has 1 N–H and O–H groups in total. The fourth-order valence-electron chi connectivity index (χ4n) is 1.31. The number of benzene rings is 1. The number of nitrogens with one attached hydrogen (secondary N) is 1. The van der Waals surface area contributed by atoms with Crippen LogP contribution >= 0.6 is 0 Å². The quantitative estimate of drug-likeness (QED) is 0.704. The highest BCUT2D eigenvalue weighted by Gasteiger charge is 1.99. The van der Waals surface area contributed by atoms with E-state index in [0.29, 0.717) is 11.3 Å². The Hall–Kier alpha value is -1.90. The molecule has 0 atom stereocenters. The summed E-state index contributed by atoms with van der Waals surface area (Å²) >= 11 is 0. The maximum absolute atomic E-state index is 10.4. The smallest absolute Gasteiger partial charge is 0.166 e. The van der Waals surface area contributed by atoms with E-state index in [2.05, 4.69) is 4.98 Å². The first-order chi connectivity index (χ1) is 6.33. The van der Waals surface area contributed by atoms with E-state index in [-0.39, 0.29) is 0 Å². The topological polar surface area (TPSA) is 49.9 Å². The van der Waals surface area contributed by atoms with E-state index >= 15 is 0 Å². The molecule has 3 nitrogen and oxygen atoms in total. The van der Waals surface area contributed by atoms with Crippen LogP contribution in [0.2, 0.25) is 0 Å². The molecule has 1 aromatic heterocycles. The lowest BCUT2D eigenvalue weighted by Gasteiger charge is -1.89. The van der Waals surface area contributed by atoms with Gasteiger partial charge in [-0.2, -0.15) is 0 Å². The lowest BCUT2D eigenvalue weighted by molar-refractivity contribution is 0.111. The van der Waals surface area contributed by atoms with Crippen LogP contribution in [-0.4, -0.2) is 17.6 Å². The van der Waals surface area contributed by atoms with Crippen LogP contribution in [0.25, 0.3) is 10.9 Å². The van der Waals surface area contributed by atoms with E-state index in [9.17, 15) is 9.59 Å². The summed E-state index contributed by atoms with van der Waals surface area (Å²) in [5, 5.41) is 0.881. The van der Waals surface area contributed by atoms with Crippen LogP contribution < -0.4 is 0 Å². The van der Waals surface area contributed by atoms with Crippen molar-refractivity contribution in [1.29, 1.82) is 0 Å². The molecule has 0 bridgehead atoms. The Bertz CT molecular complexity index is 465. The number of aldehydes is 2. The molecule has 2 aromatic rings. The second-order valence-electron chi connectivity index (χ2n) is 2.81. The Morgan fingerprint density at radius 1 is 1.08 bits per heavy atom. The Morgan fingerprint density at radius 2 is 1.92 bits per heavy atom. The number of H-pyrrole nitrogens is 1. The van der Waals surface area contributed by atoms with Crippen LogP contribution in [0.3, 0.4) is 0 Å². The minimum Gasteiger partial charge on any atom is -0.352 e. The summed E-state index contributed by atoms with van der Waals surface area (Å²) in [4.78, 5) is 23.8. The Morgan fingerprint density at radius 3 is 2.62 bits per heavy atom. The molecule has 1 heterocycles. The Balaban J connectivity index is 2.69. The van der Waals surface area contributed by atoms with Gasteiger partial charge in [-0.05, 0) is 24.3 Å². The van der Waals surface area contributed by atoms with Gasteiger partial charge in [0.2, 0.25) is 0 Å². The molecule has 0 aliphatic carbocycles. The molecule has 0 aliphatic heterocycles. The average molecular weight is 173 g/mol. The monoisotopic (exact) mass is 173 g/mol. The molecular formula is C10H7NO2. The number of aromatic nitrogens is 1. The molecule has 13 heavy (non-hydrogen) atoms. The van der Waals surface area contributed by atoms with Crippen LogP contribution in [0.5, 0.6) is 0 Å². The fraction of sp³-hybridized carbons (Fsp3) is 0. The minimum absolute atomic E-state index is 0.526. The van der Waals surface area contributed by atoms with E-state index < -0.39 is 0 Å². The van der Waals surface area contributed by atoms with Crippen molar-refractivity contribution >= 4 is 23.5 Å². The van der Waals surface area contributed by atoms with Gasteiger partial charge in [-0.25, -0.2) is 0 Å². The normalized spacial score (nSPS) is 10.2. The molecular weight excluding hydrogens is 166 g/mol. The van der Waals surface area contributed by atoms with E-state index in [1.165, 1.54) is 0 Å². The highest BCUT2D eigenvalue weighted by molar-refractivity contribution is 5.91. The van der Waals surface area contributed by atoms with Gasteiger partial charge in [0.25, 0.3) is 0 Å². The van der Waals surface area contributed by atoms with Crippen molar-refractivity contribution < 1.29 is 9.59 Å². The van der Waals surface area contributed by atoms with Gasteiger partial charge in [0.15, 0.2) is 6.29 Å². The Kier molecular flexibility index (Phi) is 1.70. The van der Waals surface area contributed by atoms with Gasteiger partial charge in [0, 0.05) is 16.5 Å². The van der Waals surface area contributed by atoms with Crippen LogP contribution in [0.1, 0.15) is 20.8 Å². The van der Waals surface area contributed by atoms with Crippen LogP contribution in [0, 0.1) is 0 Å². The van der Waals surface area contributed by atoms with Crippen molar-refractivity contribution in [3.63, 3.8) is 0 Å². The van der Waals surface area contributed by atoms with Gasteiger partial charge < -0.3 is 4.98 Å². The highest BCUT2D eigenvalue weighted by atomic mass is 16.1. The average Bonchev–Trinajstić information content (AvgIpc) is 2.58. The molecule has 0 saturated heterocycles. The summed E-state index contributed by atoms with van der Waals surface area (Å²) in [5.41, 5.74) is 2.01. The minimum atomic E-state index is 0.526. The number of aromatic amines is 1. The van der Waals surface area contributed by atoms with Crippen molar-refractivity contribution in [3.8, 4) is 0 Å². The van der Waals surface area contributed by atoms with Crippen molar-refractivity contribution in [3.05, 3.63) is 35.5 Å². The SMILES string of the molecule is O=Cc1ccc2[nH]c(C=O)cc2c1.